The zero-order chi connectivity index (χ0) is 30.2. The summed E-state index contributed by atoms with van der Waals surface area (Å²) in [6.07, 6.45) is -1.72. The molecule has 12 nitrogen and oxygen atoms in total. The van der Waals surface area contributed by atoms with E-state index in [1.165, 1.54) is 24.3 Å². The number of alkyl halides is 3. The van der Waals surface area contributed by atoms with Gasteiger partial charge in [-0.2, -0.15) is 28.1 Å². The molecule has 2 aromatic carbocycles. The van der Waals surface area contributed by atoms with Crippen molar-refractivity contribution < 1.29 is 40.7 Å². The van der Waals surface area contributed by atoms with Crippen LogP contribution >= 0.6 is 0 Å². The fraction of sp³-hybridized carbons (Fsp3) is 0.269. The van der Waals surface area contributed by atoms with Crippen LogP contribution in [-0.2, 0) is 27.8 Å². The van der Waals surface area contributed by atoms with Gasteiger partial charge in [0.15, 0.2) is 6.61 Å². The number of amides is 2. The molecule has 3 N–H and O–H groups in total. The zero-order valence-electron chi connectivity index (χ0n) is 21.8. The molecule has 1 aromatic heterocycles. The van der Waals surface area contributed by atoms with Gasteiger partial charge in [-0.05, 0) is 35.4 Å². The number of ether oxygens (including phenoxy) is 2. The second kappa shape index (κ2) is 13.3. The monoisotopic (exact) mass is 606 g/mol. The lowest BCUT2D eigenvalue weighted by Gasteiger charge is -2.12. The summed E-state index contributed by atoms with van der Waals surface area (Å²) in [5.41, 5.74) is 1.57. The number of benzene rings is 2. The Morgan fingerprint density at radius 1 is 0.881 bits per heavy atom. The van der Waals surface area contributed by atoms with Crippen molar-refractivity contribution in [2.24, 2.45) is 0 Å². The van der Waals surface area contributed by atoms with Gasteiger partial charge in [-0.15, -0.1) is 0 Å². The highest BCUT2D eigenvalue weighted by Gasteiger charge is 2.29. The number of carbonyl (C=O) groups is 2. The molecule has 0 radical (unpaired) electrons. The van der Waals surface area contributed by atoms with Crippen molar-refractivity contribution in [1.29, 1.82) is 0 Å². The number of sulfonamides is 1. The molecule has 0 unspecified atom stereocenters. The molecular weight excluding hydrogens is 581 g/mol. The number of hydrogen-bond acceptors (Lipinski definition) is 10. The van der Waals surface area contributed by atoms with E-state index in [-0.39, 0.29) is 36.9 Å². The molecule has 222 valence electrons. The van der Waals surface area contributed by atoms with Crippen LogP contribution in [0.4, 0.5) is 19.1 Å². The van der Waals surface area contributed by atoms with Crippen molar-refractivity contribution in [2.45, 2.75) is 19.1 Å². The van der Waals surface area contributed by atoms with E-state index in [9.17, 15) is 31.2 Å². The second-order valence-corrected chi connectivity index (χ2v) is 10.7. The molecule has 42 heavy (non-hydrogen) atoms. The molecule has 0 fully saturated rings. The van der Waals surface area contributed by atoms with Crippen LogP contribution in [0.2, 0.25) is 0 Å². The Morgan fingerprint density at radius 2 is 1.60 bits per heavy atom. The summed E-state index contributed by atoms with van der Waals surface area (Å²) in [5, 5.41) is 5.28. The van der Waals surface area contributed by atoms with Gasteiger partial charge in [0.25, 0.3) is 11.8 Å². The molecule has 0 atom stereocenters. The van der Waals surface area contributed by atoms with Crippen LogP contribution in [0.25, 0.3) is 0 Å². The molecule has 3 aliphatic rings. The van der Waals surface area contributed by atoms with Gasteiger partial charge in [0.2, 0.25) is 16.0 Å². The Bertz CT molecular complexity index is 1550. The first-order chi connectivity index (χ1) is 19.9. The number of rotatable bonds is 2. The van der Waals surface area contributed by atoms with Crippen LogP contribution in [0.5, 0.6) is 11.8 Å². The number of carbonyl (C=O) groups excluding carboxylic acids is 2. The minimum Gasteiger partial charge on any atom is -0.490 e. The average Bonchev–Trinajstić information content (AvgIpc) is 2.93. The summed E-state index contributed by atoms with van der Waals surface area (Å²) in [7, 11) is -3.97. The third-order valence-electron chi connectivity index (χ3n) is 5.49. The van der Waals surface area contributed by atoms with Crippen molar-refractivity contribution in [3.05, 3.63) is 83.2 Å². The molecule has 4 heterocycles. The van der Waals surface area contributed by atoms with E-state index >= 15 is 0 Å². The summed E-state index contributed by atoms with van der Waals surface area (Å²) in [6.45, 7) is -1.88. The van der Waals surface area contributed by atoms with Gasteiger partial charge < -0.3 is 20.1 Å². The van der Waals surface area contributed by atoms with Gasteiger partial charge in [-0.3, -0.25) is 14.3 Å². The van der Waals surface area contributed by atoms with E-state index in [1.807, 2.05) is 4.72 Å². The summed E-state index contributed by atoms with van der Waals surface area (Å²) in [4.78, 5) is 36.7. The number of halogens is 3. The molecule has 0 saturated heterocycles. The van der Waals surface area contributed by atoms with E-state index in [0.29, 0.717) is 11.3 Å². The third-order valence-corrected chi connectivity index (χ3v) is 6.66. The van der Waals surface area contributed by atoms with E-state index in [2.05, 4.69) is 25.6 Å². The summed E-state index contributed by atoms with van der Waals surface area (Å²) in [5.74, 6) is -1.41. The van der Waals surface area contributed by atoms with Crippen molar-refractivity contribution in [3.63, 3.8) is 0 Å². The number of nitrogens with zero attached hydrogens (tertiary/aromatic N) is 3. The number of fused-ring (bicyclic) bond motifs is 2. The quantitative estimate of drug-likeness (QED) is 0.369. The molecule has 0 saturated carbocycles. The van der Waals surface area contributed by atoms with Crippen LogP contribution < -0.4 is 24.8 Å². The smallest absolute Gasteiger partial charge is 0.422 e. The number of hydrogen-bond donors (Lipinski definition) is 3. The minimum atomic E-state index is -4.59. The standard InChI is InChI=1S/C26H25F3N6O6S/c27-26(28,29)16-41-25-33-21-13-17-3-7-19(8-4-17)23(37)30-15-22(36)35-42(38,39)12-2-1-11-40-20-9-5-18(6-10-20)14-31-24(32-21)34-25/h1-10H,11-16H2,(H,30,37)(H,35,36)(H,31,32,33,34)/b2-1+. The predicted molar refractivity (Wildman–Crippen MR) is 143 cm³/mol. The summed E-state index contributed by atoms with van der Waals surface area (Å²) < 4.78 is 74.7. The highest BCUT2D eigenvalue weighted by atomic mass is 32.2. The molecule has 16 heteroatoms. The zero-order valence-corrected chi connectivity index (χ0v) is 22.7. The van der Waals surface area contributed by atoms with Gasteiger partial charge in [0.05, 0.1) is 12.3 Å². The van der Waals surface area contributed by atoms with Gasteiger partial charge in [0, 0.05) is 18.5 Å². The highest BCUT2D eigenvalue weighted by Crippen LogP contribution is 2.19. The van der Waals surface area contributed by atoms with Gasteiger partial charge in [-0.1, -0.05) is 36.4 Å². The molecule has 6 bridgehead atoms. The maximum atomic E-state index is 12.7. The van der Waals surface area contributed by atoms with Gasteiger partial charge >= 0.3 is 12.2 Å². The lowest BCUT2D eigenvalue weighted by molar-refractivity contribution is -0.154. The van der Waals surface area contributed by atoms with Crippen molar-refractivity contribution in [2.75, 3.05) is 30.8 Å². The van der Waals surface area contributed by atoms with Crippen molar-refractivity contribution >= 4 is 27.8 Å². The van der Waals surface area contributed by atoms with Crippen LogP contribution in [0, 0.1) is 0 Å². The Labute approximate surface area is 238 Å². The first-order valence-electron chi connectivity index (χ1n) is 12.4. The van der Waals surface area contributed by atoms with E-state index in [1.54, 1.807) is 36.4 Å². The normalized spacial score (nSPS) is 17.0. The van der Waals surface area contributed by atoms with Gasteiger partial charge in [-0.25, -0.2) is 8.42 Å². The predicted octanol–water partition coefficient (Wildman–Crippen LogP) is 2.14. The largest absolute Gasteiger partial charge is 0.490 e. The number of anilines is 1. The SMILES string of the molecule is O=C1CNC(=O)c2ccc(cc2)Cc2nc(nc(OCC(F)(F)F)n2)NCc2ccc(cc2)OC/C=C/CS(=O)(=O)N1. The molecule has 0 aliphatic carbocycles. The maximum Gasteiger partial charge on any atom is 0.422 e. The Hall–Kier alpha value is -4.73. The van der Waals surface area contributed by atoms with E-state index < -0.39 is 52.9 Å². The van der Waals surface area contributed by atoms with Crippen LogP contribution in [-0.4, -0.2) is 66.9 Å². The Morgan fingerprint density at radius 3 is 2.31 bits per heavy atom. The summed E-state index contributed by atoms with van der Waals surface area (Å²) >= 11 is 0. The first kappa shape index (κ1) is 30.2. The third kappa shape index (κ3) is 9.72. The molecule has 2 amide bonds. The van der Waals surface area contributed by atoms with E-state index in [4.69, 9.17) is 9.47 Å². The van der Waals surface area contributed by atoms with Crippen LogP contribution in [0.1, 0.15) is 27.3 Å². The highest BCUT2D eigenvalue weighted by molar-refractivity contribution is 7.90. The van der Waals surface area contributed by atoms with E-state index in [0.717, 1.165) is 5.56 Å². The van der Waals surface area contributed by atoms with Gasteiger partial charge in [0.1, 0.15) is 18.2 Å². The molecule has 0 spiro atoms. The first-order valence-corrected chi connectivity index (χ1v) is 14.0. The summed E-state index contributed by atoms with van der Waals surface area (Å²) in [6, 6.07) is 12.4. The molecule has 6 rings (SSSR count). The molecule has 3 aliphatic heterocycles. The Balaban J connectivity index is 1.58. The fourth-order valence-electron chi connectivity index (χ4n) is 3.53. The lowest BCUT2D eigenvalue weighted by atomic mass is 10.1. The lowest BCUT2D eigenvalue weighted by Crippen LogP contribution is -2.40. The fourth-order valence-corrected chi connectivity index (χ4v) is 4.42. The number of aromatic nitrogens is 3. The second-order valence-electron chi connectivity index (χ2n) is 8.90. The van der Waals surface area contributed by atoms with Crippen LogP contribution in [0.15, 0.2) is 60.7 Å². The van der Waals surface area contributed by atoms with Crippen molar-refractivity contribution in [1.82, 2.24) is 25.0 Å². The molecular formula is C26H25F3N6O6S. The van der Waals surface area contributed by atoms with Crippen LogP contribution in [0.3, 0.4) is 0 Å². The number of nitrogens with one attached hydrogen (secondary N) is 3. The Kier molecular flexibility index (Phi) is 9.57. The average molecular weight is 607 g/mol. The van der Waals surface area contributed by atoms with Crippen molar-refractivity contribution in [3.8, 4) is 11.8 Å². The molecule has 3 aromatic rings. The minimum absolute atomic E-state index is 0.00242. The topological polar surface area (TPSA) is 162 Å². The maximum absolute atomic E-state index is 12.7.